The molecule has 3 rings (SSSR count). The standard InChI is InChI=1S/C14H7Cl2N5/c15-10-4-11(16)6-12(5-10)21-14(13(7-17)19-20-21)9-2-1-3-18-8-9/h1-6,8H. The lowest BCUT2D eigenvalue weighted by molar-refractivity contribution is 0.806. The number of pyridine rings is 1. The minimum Gasteiger partial charge on any atom is -0.264 e. The molecule has 1 aromatic carbocycles. The predicted octanol–water partition coefficient (Wildman–Crippen LogP) is 3.51. The van der Waals surface area contributed by atoms with Gasteiger partial charge < -0.3 is 0 Å². The van der Waals surface area contributed by atoms with Crippen LogP contribution in [0, 0.1) is 11.3 Å². The van der Waals surface area contributed by atoms with Gasteiger partial charge in [-0.05, 0) is 30.3 Å². The van der Waals surface area contributed by atoms with Crippen molar-refractivity contribution in [3.05, 3.63) is 58.5 Å². The van der Waals surface area contributed by atoms with Gasteiger partial charge in [-0.2, -0.15) is 5.26 Å². The molecule has 0 fully saturated rings. The van der Waals surface area contributed by atoms with Crippen molar-refractivity contribution in [2.75, 3.05) is 0 Å². The highest BCUT2D eigenvalue weighted by atomic mass is 35.5. The molecular formula is C14H7Cl2N5. The van der Waals surface area contributed by atoms with E-state index in [0.29, 0.717) is 21.4 Å². The third-order valence-electron chi connectivity index (χ3n) is 2.80. The zero-order valence-electron chi connectivity index (χ0n) is 10.5. The first-order chi connectivity index (χ1) is 10.2. The maximum absolute atomic E-state index is 9.21. The highest BCUT2D eigenvalue weighted by Crippen LogP contribution is 2.27. The van der Waals surface area contributed by atoms with Crippen LogP contribution in [0.4, 0.5) is 0 Å². The van der Waals surface area contributed by atoms with Crippen LogP contribution >= 0.6 is 23.2 Å². The average molecular weight is 316 g/mol. The summed E-state index contributed by atoms with van der Waals surface area (Å²) >= 11 is 12.0. The van der Waals surface area contributed by atoms with Gasteiger partial charge in [0.15, 0.2) is 5.69 Å². The Labute approximate surface area is 130 Å². The molecule has 102 valence electrons. The van der Waals surface area contributed by atoms with Crippen LogP contribution in [0.2, 0.25) is 10.0 Å². The van der Waals surface area contributed by atoms with Crippen molar-refractivity contribution in [2.45, 2.75) is 0 Å². The molecule has 0 aliphatic rings. The molecule has 0 radical (unpaired) electrons. The first kappa shape index (κ1) is 13.6. The minimum atomic E-state index is 0.207. The van der Waals surface area contributed by atoms with Crippen molar-refractivity contribution in [1.29, 1.82) is 5.26 Å². The summed E-state index contributed by atoms with van der Waals surface area (Å²) in [6.07, 6.45) is 3.29. The summed E-state index contributed by atoms with van der Waals surface area (Å²) in [4.78, 5) is 4.06. The first-order valence-corrected chi connectivity index (χ1v) is 6.67. The van der Waals surface area contributed by atoms with Gasteiger partial charge in [-0.3, -0.25) is 4.98 Å². The molecule has 0 amide bonds. The molecule has 0 bridgehead atoms. The molecule has 7 heteroatoms. The number of rotatable bonds is 2. The summed E-state index contributed by atoms with van der Waals surface area (Å²) in [5.41, 5.74) is 2.11. The van der Waals surface area contributed by atoms with Gasteiger partial charge in [0, 0.05) is 28.0 Å². The Balaban J connectivity index is 2.25. The number of halogens is 2. The summed E-state index contributed by atoms with van der Waals surface area (Å²) in [5, 5.41) is 18.1. The predicted molar refractivity (Wildman–Crippen MR) is 79.3 cm³/mol. The Hall–Kier alpha value is -2.42. The van der Waals surface area contributed by atoms with Crippen LogP contribution in [0.15, 0.2) is 42.7 Å². The van der Waals surface area contributed by atoms with Crippen molar-refractivity contribution >= 4 is 23.2 Å². The van der Waals surface area contributed by atoms with E-state index in [1.807, 2.05) is 12.1 Å². The maximum atomic E-state index is 9.21. The maximum Gasteiger partial charge on any atom is 0.191 e. The van der Waals surface area contributed by atoms with Crippen LogP contribution in [-0.4, -0.2) is 20.0 Å². The van der Waals surface area contributed by atoms with Gasteiger partial charge in [0.1, 0.15) is 11.8 Å². The fourth-order valence-corrected chi connectivity index (χ4v) is 2.48. The van der Waals surface area contributed by atoms with Crippen LogP contribution in [0.3, 0.4) is 0 Å². The molecule has 0 unspecified atom stereocenters. The second kappa shape index (κ2) is 5.52. The molecule has 21 heavy (non-hydrogen) atoms. The highest BCUT2D eigenvalue weighted by molar-refractivity contribution is 6.34. The Bertz CT molecular complexity index is 816. The van der Waals surface area contributed by atoms with Gasteiger partial charge >= 0.3 is 0 Å². The molecule has 0 spiro atoms. The molecule has 2 aromatic heterocycles. The summed E-state index contributed by atoms with van der Waals surface area (Å²) < 4.78 is 1.52. The van der Waals surface area contributed by atoms with Crippen LogP contribution in [0.25, 0.3) is 16.9 Å². The van der Waals surface area contributed by atoms with E-state index in [4.69, 9.17) is 23.2 Å². The third kappa shape index (κ3) is 2.59. The number of nitrogens with zero attached hydrogens (tertiary/aromatic N) is 5. The smallest absolute Gasteiger partial charge is 0.191 e. The minimum absolute atomic E-state index is 0.207. The molecule has 5 nitrogen and oxygen atoms in total. The van der Waals surface area contributed by atoms with Crippen LogP contribution < -0.4 is 0 Å². The summed E-state index contributed by atoms with van der Waals surface area (Å²) in [7, 11) is 0. The van der Waals surface area contributed by atoms with Gasteiger partial charge in [0.25, 0.3) is 0 Å². The van der Waals surface area contributed by atoms with E-state index in [0.717, 1.165) is 5.56 Å². The van der Waals surface area contributed by atoms with Gasteiger partial charge in [-0.25, -0.2) is 4.68 Å². The third-order valence-corrected chi connectivity index (χ3v) is 3.24. The van der Waals surface area contributed by atoms with E-state index in [1.54, 1.807) is 36.7 Å². The van der Waals surface area contributed by atoms with Gasteiger partial charge in [0.05, 0.1) is 5.69 Å². The molecule has 3 aromatic rings. The van der Waals surface area contributed by atoms with E-state index in [1.165, 1.54) is 4.68 Å². The number of nitriles is 1. The van der Waals surface area contributed by atoms with E-state index in [9.17, 15) is 5.26 Å². The van der Waals surface area contributed by atoms with Crippen molar-refractivity contribution in [3.8, 4) is 23.0 Å². The molecule has 0 aliphatic carbocycles. The summed E-state index contributed by atoms with van der Waals surface area (Å²) in [6, 6.07) is 10.6. The van der Waals surface area contributed by atoms with E-state index < -0.39 is 0 Å². The largest absolute Gasteiger partial charge is 0.264 e. The lowest BCUT2D eigenvalue weighted by Gasteiger charge is -2.07. The number of benzene rings is 1. The van der Waals surface area contributed by atoms with E-state index in [2.05, 4.69) is 15.3 Å². The highest BCUT2D eigenvalue weighted by Gasteiger charge is 2.16. The van der Waals surface area contributed by atoms with Crippen molar-refractivity contribution in [3.63, 3.8) is 0 Å². The van der Waals surface area contributed by atoms with Crippen LogP contribution in [-0.2, 0) is 0 Å². The van der Waals surface area contributed by atoms with Gasteiger partial charge in [0.2, 0.25) is 0 Å². The number of hydrogen-bond donors (Lipinski definition) is 0. The van der Waals surface area contributed by atoms with Gasteiger partial charge in [-0.1, -0.05) is 28.4 Å². The Morgan fingerprint density at radius 2 is 1.90 bits per heavy atom. The van der Waals surface area contributed by atoms with E-state index >= 15 is 0 Å². The monoisotopic (exact) mass is 315 g/mol. The lowest BCUT2D eigenvalue weighted by atomic mass is 10.1. The van der Waals surface area contributed by atoms with E-state index in [-0.39, 0.29) is 5.69 Å². The SMILES string of the molecule is N#Cc1nnn(-c2cc(Cl)cc(Cl)c2)c1-c1cccnc1. The van der Waals surface area contributed by atoms with Crippen LogP contribution in [0.5, 0.6) is 0 Å². The molecule has 0 N–H and O–H groups in total. The molecule has 0 saturated heterocycles. The molecule has 0 aliphatic heterocycles. The van der Waals surface area contributed by atoms with Crippen molar-refractivity contribution in [2.24, 2.45) is 0 Å². The second-order valence-corrected chi connectivity index (χ2v) is 5.05. The molecule has 0 atom stereocenters. The number of aromatic nitrogens is 4. The topological polar surface area (TPSA) is 67.4 Å². The second-order valence-electron chi connectivity index (χ2n) is 4.18. The molecule has 0 saturated carbocycles. The lowest BCUT2D eigenvalue weighted by Crippen LogP contribution is -2.00. The quantitative estimate of drug-likeness (QED) is 0.725. The fourth-order valence-electron chi connectivity index (χ4n) is 1.96. The summed E-state index contributed by atoms with van der Waals surface area (Å²) in [6.45, 7) is 0. The first-order valence-electron chi connectivity index (χ1n) is 5.91. The van der Waals surface area contributed by atoms with Crippen molar-refractivity contribution in [1.82, 2.24) is 20.0 Å². The Kier molecular flexibility index (Phi) is 3.57. The normalized spacial score (nSPS) is 10.3. The Morgan fingerprint density at radius 1 is 1.14 bits per heavy atom. The van der Waals surface area contributed by atoms with Crippen LogP contribution in [0.1, 0.15) is 5.69 Å². The number of hydrogen-bond acceptors (Lipinski definition) is 4. The molecule has 2 heterocycles. The molecular weight excluding hydrogens is 309 g/mol. The summed E-state index contributed by atoms with van der Waals surface area (Å²) in [5.74, 6) is 0. The average Bonchev–Trinajstić information content (AvgIpc) is 2.91. The van der Waals surface area contributed by atoms with Gasteiger partial charge in [-0.15, -0.1) is 5.10 Å². The zero-order valence-corrected chi connectivity index (χ0v) is 12.0. The fraction of sp³-hybridized carbons (Fsp3) is 0. The van der Waals surface area contributed by atoms with Crippen molar-refractivity contribution < 1.29 is 0 Å². The Morgan fingerprint density at radius 3 is 2.52 bits per heavy atom. The zero-order chi connectivity index (χ0) is 14.8.